The molecule has 2 heterocycles. The van der Waals surface area contributed by atoms with Gasteiger partial charge < -0.3 is 14.4 Å². The molecular weight excluding hydrogens is 414 g/mol. The lowest BCUT2D eigenvalue weighted by molar-refractivity contribution is -0.384. The number of nitro benzene ring substituents is 1. The first-order valence-electron chi connectivity index (χ1n) is 9.32. The van der Waals surface area contributed by atoms with E-state index in [2.05, 4.69) is 0 Å². The molecule has 0 spiro atoms. The van der Waals surface area contributed by atoms with Gasteiger partial charge in [0, 0.05) is 19.2 Å². The van der Waals surface area contributed by atoms with Gasteiger partial charge in [-0.2, -0.15) is 0 Å². The van der Waals surface area contributed by atoms with E-state index in [4.69, 9.17) is 9.47 Å². The standard InChI is InChI=1S/C19H21N3O7S/c1-12(2)29-17(23)11-21-18(24)16(30-19(21)25)10-13-3-4-14(15(9-13)22(26)27)20-5-7-28-8-6-20/h3-4,9-10,12H,5-8,11H2,1-2H3/b16-10+. The zero-order chi connectivity index (χ0) is 21.8. The highest BCUT2D eigenvalue weighted by molar-refractivity contribution is 8.18. The molecule has 0 aromatic heterocycles. The third-order valence-electron chi connectivity index (χ3n) is 4.37. The maximum Gasteiger partial charge on any atom is 0.326 e. The number of amides is 2. The zero-order valence-corrected chi connectivity index (χ0v) is 17.3. The summed E-state index contributed by atoms with van der Waals surface area (Å²) in [4.78, 5) is 50.3. The second-order valence-corrected chi connectivity index (χ2v) is 7.90. The molecule has 0 unspecified atom stereocenters. The van der Waals surface area contributed by atoms with Gasteiger partial charge in [-0.05, 0) is 43.3 Å². The molecule has 0 bridgehead atoms. The number of carbonyl (C=O) groups is 3. The van der Waals surface area contributed by atoms with Crippen molar-refractivity contribution in [3.63, 3.8) is 0 Å². The van der Waals surface area contributed by atoms with Crippen molar-refractivity contribution in [1.82, 2.24) is 4.90 Å². The van der Waals surface area contributed by atoms with Crippen LogP contribution >= 0.6 is 11.8 Å². The van der Waals surface area contributed by atoms with E-state index in [9.17, 15) is 24.5 Å². The molecular formula is C19H21N3O7S. The van der Waals surface area contributed by atoms with E-state index < -0.39 is 28.6 Å². The highest BCUT2D eigenvalue weighted by Gasteiger charge is 2.37. The van der Waals surface area contributed by atoms with Crippen LogP contribution in [0.1, 0.15) is 19.4 Å². The maximum absolute atomic E-state index is 12.5. The summed E-state index contributed by atoms with van der Waals surface area (Å²) in [6, 6.07) is 4.64. The number of carbonyl (C=O) groups excluding carboxylic acids is 3. The summed E-state index contributed by atoms with van der Waals surface area (Å²) in [6.45, 7) is 4.93. The van der Waals surface area contributed by atoms with Crippen molar-refractivity contribution >= 4 is 46.3 Å². The molecule has 3 rings (SSSR count). The van der Waals surface area contributed by atoms with Crippen LogP contribution in [-0.2, 0) is 19.1 Å². The fourth-order valence-corrected chi connectivity index (χ4v) is 3.90. The van der Waals surface area contributed by atoms with Gasteiger partial charge in [-0.15, -0.1) is 0 Å². The zero-order valence-electron chi connectivity index (χ0n) is 16.5. The van der Waals surface area contributed by atoms with Crippen molar-refractivity contribution in [2.45, 2.75) is 20.0 Å². The van der Waals surface area contributed by atoms with Crippen molar-refractivity contribution in [1.29, 1.82) is 0 Å². The first-order chi connectivity index (χ1) is 14.3. The maximum atomic E-state index is 12.5. The van der Waals surface area contributed by atoms with Gasteiger partial charge in [-0.25, -0.2) is 0 Å². The second-order valence-electron chi connectivity index (χ2n) is 6.91. The third kappa shape index (κ3) is 4.97. The van der Waals surface area contributed by atoms with Crippen LogP contribution in [-0.4, -0.2) is 65.9 Å². The summed E-state index contributed by atoms with van der Waals surface area (Å²) < 4.78 is 10.3. The Morgan fingerprint density at radius 1 is 1.33 bits per heavy atom. The minimum absolute atomic E-state index is 0.0887. The highest BCUT2D eigenvalue weighted by atomic mass is 32.2. The first-order valence-corrected chi connectivity index (χ1v) is 10.1. The van der Waals surface area contributed by atoms with Crippen LogP contribution < -0.4 is 4.90 Å². The first kappa shape index (κ1) is 21.8. The molecule has 0 radical (unpaired) electrons. The number of anilines is 1. The molecule has 2 amide bonds. The molecule has 0 saturated carbocycles. The van der Waals surface area contributed by atoms with Gasteiger partial charge in [0.2, 0.25) is 0 Å². The van der Waals surface area contributed by atoms with Crippen molar-refractivity contribution < 1.29 is 28.8 Å². The number of morpholine rings is 1. The summed E-state index contributed by atoms with van der Waals surface area (Å²) in [5.74, 6) is -1.32. The van der Waals surface area contributed by atoms with Gasteiger partial charge in [0.1, 0.15) is 12.2 Å². The minimum atomic E-state index is -0.681. The number of nitrogens with zero attached hydrogens (tertiary/aromatic N) is 3. The Morgan fingerprint density at radius 2 is 2.03 bits per heavy atom. The number of rotatable bonds is 6. The van der Waals surface area contributed by atoms with E-state index in [0.717, 1.165) is 4.90 Å². The SMILES string of the molecule is CC(C)OC(=O)CN1C(=O)S/C(=C/c2ccc(N3CCOCC3)c([N+](=O)[O-])c2)C1=O. The fraction of sp³-hybridized carbons (Fsp3) is 0.421. The molecule has 160 valence electrons. The second kappa shape index (κ2) is 9.26. The number of hydrogen-bond donors (Lipinski definition) is 0. The summed E-state index contributed by atoms with van der Waals surface area (Å²) in [7, 11) is 0. The minimum Gasteiger partial charge on any atom is -0.462 e. The predicted octanol–water partition coefficient (Wildman–Crippen LogP) is 2.42. The van der Waals surface area contributed by atoms with Crippen LogP contribution in [0.2, 0.25) is 0 Å². The quantitative estimate of drug-likeness (QED) is 0.287. The molecule has 1 aromatic rings. The van der Waals surface area contributed by atoms with E-state index in [1.165, 1.54) is 12.1 Å². The number of imide groups is 1. The fourth-order valence-electron chi connectivity index (χ4n) is 3.07. The molecule has 2 aliphatic heterocycles. The number of esters is 1. The third-order valence-corrected chi connectivity index (χ3v) is 5.28. The molecule has 0 aliphatic carbocycles. The van der Waals surface area contributed by atoms with Gasteiger partial charge in [-0.3, -0.25) is 29.4 Å². The Kier molecular flexibility index (Phi) is 6.73. The van der Waals surface area contributed by atoms with Crippen LogP contribution in [0.5, 0.6) is 0 Å². The van der Waals surface area contributed by atoms with Crippen molar-refractivity contribution in [3.05, 3.63) is 38.8 Å². The Morgan fingerprint density at radius 3 is 2.67 bits per heavy atom. The Balaban J connectivity index is 1.81. The summed E-state index contributed by atoms with van der Waals surface area (Å²) in [5, 5.41) is 11.0. The lowest BCUT2D eigenvalue weighted by Gasteiger charge is -2.28. The van der Waals surface area contributed by atoms with Crippen LogP contribution in [0.15, 0.2) is 23.1 Å². The Labute approximate surface area is 176 Å². The normalized spacial score (nSPS) is 18.4. The summed E-state index contributed by atoms with van der Waals surface area (Å²) in [5.41, 5.74) is 0.796. The number of hydrogen-bond acceptors (Lipinski definition) is 9. The van der Waals surface area contributed by atoms with Crippen molar-refractivity contribution in [2.24, 2.45) is 0 Å². The average Bonchev–Trinajstić information content (AvgIpc) is 2.95. The highest BCUT2D eigenvalue weighted by Crippen LogP contribution is 2.35. The van der Waals surface area contributed by atoms with Crippen LogP contribution in [0, 0.1) is 10.1 Å². The summed E-state index contributed by atoms with van der Waals surface area (Å²) in [6.07, 6.45) is 1.05. The smallest absolute Gasteiger partial charge is 0.326 e. The number of thioether (sulfide) groups is 1. The molecule has 0 atom stereocenters. The number of ether oxygens (including phenoxy) is 2. The molecule has 10 nitrogen and oxygen atoms in total. The molecule has 2 fully saturated rings. The molecule has 2 saturated heterocycles. The molecule has 2 aliphatic rings. The lowest BCUT2D eigenvalue weighted by Crippen LogP contribution is -2.36. The molecule has 11 heteroatoms. The van der Waals surface area contributed by atoms with Gasteiger partial charge in [0.05, 0.1) is 29.1 Å². The van der Waals surface area contributed by atoms with Gasteiger partial charge >= 0.3 is 5.97 Å². The van der Waals surface area contributed by atoms with E-state index in [-0.39, 0.29) is 16.7 Å². The Hall–Kier alpha value is -2.92. The van der Waals surface area contributed by atoms with Gasteiger partial charge in [0.25, 0.3) is 16.8 Å². The molecule has 30 heavy (non-hydrogen) atoms. The van der Waals surface area contributed by atoms with Crippen LogP contribution in [0.3, 0.4) is 0 Å². The van der Waals surface area contributed by atoms with Crippen molar-refractivity contribution in [2.75, 3.05) is 37.7 Å². The largest absolute Gasteiger partial charge is 0.462 e. The topological polar surface area (TPSA) is 119 Å². The molecule has 1 aromatic carbocycles. The van der Waals surface area contributed by atoms with E-state index in [1.807, 2.05) is 4.90 Å². The number of benzene rings is 1. The number of nitro groups is 1. The Bertz CT molecular complexity index is 909. The van der Waals surface area contributed by atoms with E-state index in [1.54, 1.807) is 26.0 Å². The molecule has 0 N–H and O–H groups in total. The average molecular weight is 435 g/mol. The van der Waals surface area contributed by atoms with Crippen LogP contribution in [0.4, 0.5) is 16.2 Å². The van der Waals surface area contributed by atoms with Crippen LogP contribution in [0.25, 0.3) is 6.08 Å². The monoisotopic (exact) mass is 435 g/mol. The lowest BCUT2D eigenvalue weighted by atomic mass is 10.1. The van der Waals surface area contributed by atoms with Crippen molar-refractivity contribution in [3.8, 4) is 0 Å². The summed E-state index contributed by atoms with van der Waals surface area (Å²) >= 11 is 0.678. The van der Waals surface area contributed by atoms with Gasteiger partial charge in [0.15, 0.2) is 0 Å². The predicted molar refractivity (Wildman–Crippen MR) is 110 cm³/mol. The van der Waals surface area contributed by atoms with Gasteiger partial charge in [-0.1, -0.05) is 6.07 Å². The van der Waals surface area contributed by atoms with E-state index in [0.29, 0.717) is 49.3 Å². The van der Waals surface area contributed by atoms with E-state index >= 15 is 0 Å².